The van der Waals surface area contributed by atoms with Crippen LogP contribution in [0.1, 0.15) is 38.4 Å². The van der Waals surface area contributed by atoms with Crippen LogP contribution in [0.4, 0.5) is 0 Å². The van der Waals surface area contributed by atoms with Gasteiger partial charge in [0.2, 0.25) is 0 Å². The molecule has 1 aromatic heterocycles. The van der Waals surface area contributed by atoms with Crippen LogP contribution in [0, 0.1) is 6.92 Å². The highest BCUT2D eigenvalue weighted by atomic mass is 32.2. The van der Waals surface area contributed by atoms with Crippen molar-refractivity contribution >= 4 is 16.7 Å². The number of hydrogen-bond acceptors (Lipinski definition) is 4. The monoisotopic (exact) mass is 311 g/mol. The summed E-state index contributed by atoms with van der Waals surface area (Å²) in [4.78, 5) is 9.50. The number of nitrogens with zero attached hydrogens (tertiary/aromatic N) is 3. The van der Waals surface area contributed by atoms with Gasteiger partial charge in [0.05, 0.1) is 23.3 Å². The molecule has 0 N–H and O–H groups in total. The molecule has 0 fully saturated rings. The average Bonchev–Trinajstić information content (AvgIpc) is 2.42. The summed E-state index contributed by atoms with van der Waals surface area (Å²) in [5.41, 5.74) is 2.60. The molecule has 0 spiro atoms. The fourth-order valence-electron chi connectivity index (χ4n) is 1.45. The van der Waals surface area contributed by atoms with Gasteiger partial charge in [-0.25, -0.2) is 4.21 Å². The molecule has 0 aliphatic heterocycles. The molecule has 0 radical (unpaired) electrons. The zero-order valence-electron chi connectivity index (χ0n) is 13.7. The van der Waals surface area contributed by atoms with E-state index in [2.05, 4.69) is 9.38 Å². The van der Waals surface area contributed by atoms with Crippen molar-refractivity contribution in [1.82, 2.24) is 10.0 Å². The van der Waals surface area contributed by atoms with Gasteiger partial charge in [0.25, 0.3) is 0 Å². The van der Waals surface area contributed by atoms with Crippen LogP contribution in [-0.2, 0) is 15.8 Å². The molecule has 1 rings (SSSR count). The largest absolute Gasteiger partial charge is 0.303 e. The third kappa shape index (κ3) is 6.03. The first-order valence-corrected chi connectivity index (χ1v) is 8.02. The molecule has 5 nitrogen and oxygen atoms in total. The number of hydrogen-bond donors (Lipinski definition) is 0. The first-order chi connectivity index (χ1) is 9.74. The van der Waals surface area contributed by atoms with Crippen LogP contribution in [0.2, 0.25) is 0 Å². The zero-order chi connectivity index (χ0) is 16.0. The van der Waals surface area contributed by atoms with Crippen LogP contribution in [0.25, 0.3) is 0 Å². The van der Waals surface area contributed by atoms with E-state index in [1.54, 1.807) is 18.4 Å². The summed E-state index contributed by atoms with van der Waals surface area (Å²) in [5.74, 6) is 0. The maximum Gasteiger partial charge on any atom is 0.145 e. The standard InChI is InChI=1S/C15H25N3O2S/c1-12-7-8-13(16-11-12)14(9-10-18(5)20-6)17-21(19)15(2,3)4/h7-8,11H,9-10H2,1-6H3/b17-14+/t21-/m1/s1. The third-order valence-corrected chi connectivity index (χ3v) is 4.33. The Bertz CT molecular complexity index is 507. The van der Waals surface area contributed by atoms with Crippen molar-refractivity contribution in [3.05, 3.63) is 29.6 Å². The highest BCUT2D eigenvalue weighted by Crippen LogP contribution is 2.15. The molecule has 0 saturated heterocycles. The predicted molar refractivity (Wildman–Crippen MR) is 87.7 cm³/mol. The topological polar surface area (TPSA) is 54.8 Å². The van der Waals surface area contributed by atoms with E-state index >= 15 is 0 Å². The van der Waals surface area contributed by atoms with E-state index in [9.17, 15) is 4.21 Å². The van der Waals surface area contributed by atoms with Crippen molar-refractivity contribution in [1.29, 1.82) is 0 Å². The molecule has 0 unspecified atom stereocenters. The summed E-state index contributed by atoms with van der Waals surface area (Å²) >= 11 is 0. The second-order valence-corrected chi connectivity index (χ2v) is 7.81. The van der Waals surface area contributed by atoms with Gasteiger partial charge in [-0.1, -0.05) is 6.07 Å². The fraction of sp³-hybridized carbons (Fsp3) is 0.600. The van der Waals surface area contributed by atoms with E-state index in [1.165, 1.54) is 0 Å². The molecule has 21 heavy (non-hydrogen) atoms. The van der Waals surface area contributed by atoms with Gasteiger partial charge in [-0.2, -0.15) is 9.46 Å². The fourth-order valence-corrected chi connectivity index (χ4v) is 2.11. The molecule has 1 atom stereocenters. The number of pyridine rings is 1. The lowest BCUT2D eigenvalue weighted by molar-refractivity contribution is -0.106. The zero-order valence-corrected chi connectivity index (χ0v) is 14.5. The maximum absolute atomic E-state index is 12.3. The van der Waals surface area contributed by atoms with E-state index in [-0.39, 0.29) is 4.75 Å². The van der Waals surface area contributed by atoms with E-state index in [0.29, 0.717) is 13.0 Å². The Balaban J connectivity index is 3.02. The second kappa shape index (κ2) is 7.77. The van der Waals surface area contributed by atoms with Gasteiger partial charge in [0.15, 0.2) is 0 Å². The van der Waals surface area contributed by atoms with Crippen molar-refractivity contribution in [2.75, 3.05) is 20.7 Å². The van der Waals surface area contributed by atoms with E-state index in [0.717, 1.165) is 17.0 Å². The molecule has 118 valence electrons. The van der Waals surface area contributed by atoms with Crippen molar-refractivity contribution in [2.24, 2.45) is 4.40 Å². The van der Waals surface area contributed by atoms with E-state index in [1.807, 2.05) is 46.9 Å². The summed E-state index contributed by atoms with van der Waals surface area (Å²) in [6, 6.07) is 3.90. The number of aromatic nitrogens is 1. The normalized spacial score (nSPS) is 14.5. The van der Waals surface area contributed by atoms with Gasteiger partial charge in [-0.3, -0.25) is 4.98 Å². The highest BCUT2D eigenvalue weighted by molar-refractivity contribution is 7.85. The molecule has 0 aliphatic carbocycles. The molecule has 0 aromatic carbocycles. The third-order valence-electron chi connectivity index (χ3n) is 2.90. The minimum atomic E-state index is -1.30. The highest BCUT2D eigenvalue weighted by Gasteiger charge is 2.20. The Morgan fingerprint density at radius 3 is 2.57 bits per heavy atom. The smallest absolute Gasteiger partial charge is 0.145 e. The van der Waals surface area contributed by atoms with Gasteiger partial charge in [-0.05, 0) is 39.3 Å². The molecule has 1 heterocycles. The Labute approximate surface area is 130 Å². The summed E-state index contributed by atoms with van der Waals surface area (Å²) < 4.78 is 16.3. The van der Waals surface area contributed by atoms with Crippen LogP contribution >= 0.6 is 0 Å². The molecule has 0 saturated carbocycles. The Kier molecular flexibility index (Phi) is 6.64. The second-order valence-electron chi connectivity index (χ2n) is 5.90. The Morgan fingerprint density at radius 1 is 1.43 bits per heavy atom. The Hall–Kier alpha value is -1.11. The minimum Gasteiger partial charge on any atom is -0.303 e. The summed E-state index contributed by atoms with van der Waals surface area (Å²) in [6.45, 7) is 8.38. The lowest BCUT2D eigenvalue weighted by Gasteiger charge is -2.17. The van der Waals surface area contributed by atoms with E-state index < -0.39 is 11.0 Å². The Morgan fingerprint density at radius 2 is 2.10 bits per heavy atom. The van der Waals surface area contributed by atoms with Crippen molar-refractivity contribution in [2.45, 2.75) is 38.9 Å². The van der Waals surface area contributed by atoms with Gasteiger partial charge in [0.1, 0.15) is 11.0 Å². The number of hydroxylamine groups is 2. The molecular formula is C15H25N3O2S. The average molecular weight is 311 g/mol. The molecular weight excluding hydrogens is 286 g/mol. The van der Waals surface area contributed by atoms with Crippen LogP contribution < -0.4 is 0 Å². The number of aryl methyl sites for hydroxylation is 1. The van der Waals surface area contributed by atoms with Crippen molar-refractivity contribution < 1.29 is 9.05 Å². The summed E-state index contributed by atoms with van der Waals surface area (Å²) in [6.07, 6.45) is 2.42. The van der Waals surface area contributed by atoms with Crippen molar-refractivity contribution in [3.63, 3.8) is 0 Å². The molecule has 0 aliphatic rings. The van der Waals surface area contributed by atoms with Gasteiger partial charge < -0.3 is 4.84 Å². The lowest BCUT2D eigenvalue weighted by atomic mass is 10.1. The molecule has 1 aromatic rings. The maximum atomic E-state index is 12.3. The van der Waals surface area contributed by atoms with E-state index in [4.69, 9.17) is 4.84 Å². The summed E-state index contributed by atoms with van der Waals surface area (Å²) in [7, 11) is 2.17. The molecule has 6 heteroatoms. The molecule has 0 bridgehead atoms. The summed E-state index contributed by atoms with van der Waals surface area (Å²) in [5, 5.41) is 1.71. The van der Waals surface area contributed by atoms with Crippen LogP contribution in [0.15, 0.2) is 22.7 Å². The quantitative estimate of drug-likeness (QED) is 0.598. The van der Waals surface area contributed by atoms with Gasteiger partial charge >= 0.3 is 0 Å². The lowest BCUT2D eigenvalue weighted by Crippen LogP contribution is -2.24. The SMILES string of the molecule is CON(C)CC/C(=N\[S@](=O)C(C)(C)C)c1ccc(C)cn1. The van der Waals surface area contributed by atoms with Gasteiger partial charge in [-0.15, -0.1) is 0 Å². The van der Waals surface area contributed by atoms with Crippen LogP contribution in [0.3, 0.4) is 0 Å². The van der Waals surface area contributed by atoms with Crippen LogP contribution in [-0.4, -0.2) is 45.4 Å². The molecule has 0 amide bonds. The van der Waals surface area contributed by atoms with Crippen LogP contribution in [0.5, 0.6) is 0 Å². The first-order valence-electron chi connectivity index (χ1n) is 6.92. The first kappa shape index (κ1) is 17.9. The van der Waals surface area contributed by atoms with Crippen molar-refractivity contribution in [3.8, 4) is 0 Å². The minimum absolute atomic E-state index is 0.386. The number of rotatable bonds is 6. The van der Waals surface area contributed by atoms with Gasteiger partial charge in [0, 0.05) is 26.2 Å². The predicted octanol–water partition coefficient (Wildman–Crippen LogP) is 2.52.